The molecule has 2 rings (SSSR count). The van der Waals surface area contributed by atoms with E-state index < -0.39 is 5.97 Å². The van der Waals surface area contributed by atoms with E-state index in [9.17, 15) is 4.79 Å². The van der Waals surface area contributed by atoms with E-state index in [4.69, 9.17) is 16.7 Å². The standard InChI is InChI=1S/C11H10ClNO2/c12-5-7-1-2-10-9(3-7)8(6-13-10)4-11(14)15/h1-3,6,13H,4-5H2,(H,14,15). The number of aromatic nitrogens is 1. The first-order valence-electron chi connectivity index (χ1n) is 4.57. The summed E-state index contributed by atoms with van der Waals surface area (Å²) in [6.45, 7) is 0. The maximum absolute atomic E-state index is 10.6. The van der Waals surface area contributed by atoms with Crippen molar-refractivity contribution in [1.82, 2.24) is 4.98 Å². The molecule has 0 saturated carbocycles. The van der Waals surface area contributed by atoms with Crippen LogP contribution in [0, 0.1) is 0 Å². The topological polar surface area (TPSA) is 53.1 Å². The van der Waals surface area contributed by atoms with E-state index >= 15 is 0 Å². The van der Waals surface area contributed by atoms with Crippen molar-refractivity contribution in [3.8, 4) is 0 Å². The zero-order valence-electron chi connectivity index (χ0n) is 7.96. The summed E-state index contributed by atoms with van der Waals surface area (Å²) < 4.78 is 0. The lowest BCUT2D eigenvalue weighted by atomic mass is 10.1. The average molecular weight is 224 g/mol. The number of carboxylic acid groups (broad SMARTS) is 1. The van der Waals surface area contributed by atoms with Gasteiger partial charge in [-0.25, -0.2) is 0 Å². The minimum absolute atomic E-state index is 0.0335. The predicted octanol–water partition coefficient (Wildman–Crippen LogP) is 2.53. The maximum atomic E-state index is 10.6. The fraction of sp³-hybridized carbons (Fsp3) is 0.182. The highest BCUT2D eigenvalue weighted by Crippen LogP contribution is 2.21. The number of hydrogen-bond donors (Lipinski definition) is 2. The van der Waals surface area contributed by atoms with Crippen LogP contribution in [0.3, 0.4) is 0 Å². The van der Waals surface area contributed by atoms with Crippen molar-refractivity contribution < 1.29 is 9.90 Å². The molecule has 0 aliphatic rings. The van der Waals surface area contributed by atoms with Gasteiger partial charge in [0.25, 0.3) is 0 Å². The van der Waals surface area contributed by atoms with Crippen molar-refractivity contribution in [2.75, 3.05) is 0 Å². The van der Waals surface area contributed by atoms with Crippen molar-refractivity contribution in [3.63, 3.8) is 0 Å². The van der Waals surface area contributed by atoms with Gasteiger partial charge in [0, 0.05) is 23.0 Å². The zero-order valence-corrected chi connectivity index (χ0v) is 8.71. The van der Waals surface area contributed by atoms with Gasteiger partial charge in [-0.1, -0.05) is 6.07 Å². The number of aromatic amines is 1. The third kappa shape index (κ3) is 1.97. The summed E-state index contributed by atoms with van der Waals surface area (Å²) in [7, 11) is 0. The lowest BCUT2D eigenvalue weighted by Crippen LogP contribution is -1.98. The van der Waals surface area contributed by atoms with Crippen LogP contribution in [-0.2, 0) is 17.1 Å². The van der Waals surface area contributed by atoms with Crippen molar-refractivity contribution in [2.24, 2.45) is 0 Å². The van der Waals surface area contributed by atoms with Crippen LogP contribution in [0.2, 0.25) is 0 Å². The summed E-state index contributed by atoms with van der Waals surface area (Å²) in [4.78, 5) is 13.7. The van der Waals surface area contributed by atoms with Crippen LogP contribution in [0.1, 0.15) is 11.1 Å². The molecule has 1 heterocycles. The third-order valence-electron chi connectivity index (χ3n) is 2.33. The summed E-state index contributed by atoms with van der Waals surface area (Å²) in [6, 6.07) is 5.77. The second-order valence-corrected chi connectivity index (χ2v) is 3.67. The molecule has 0 bridgehead atoms. The van der Waals surface area contributed by atoms with Crippen molar-refractivity contribution in [3.05, 3.63) is 35.5 Å². The molecular weight excluding hydrogens is 214 g/mol. The number of halogens is 1. The molecule has 0 atom stereocenters. The van der Waals surface area contributed by atoms with Crippen LogP contribution in [-0.4, -0.2) is 16.1 Å². The molecule has 78 valence electrons. The molecule has 0 unspecified atom stereocenters. The Labute approximate surface area is 91.7 Å². The Morgan fingerprint density at radius 1 is 1.47 bits per heavy atom. The summed E-state index contributed by atoms with van der Waals surface area (Å²) in [5.41, 5.74) is 2.74. The van der Waals surface area contributed by atoms with Gasteiger partial charge >= 0.3 is 5.97 Å². The van der Waals surface area contributed by atoms with E-state index in [2.05, 4.69) is 4.98 Å². The van der Waals surface area contributed by atoms with Gasteiger partial charge in [-0.05, 0) is 23.3 Å². The van der Waals surface area contributed by atoms with E-state index in [0.29, 0.717) is 5.88 Å². The molecule has 0 fully saturated rings. The Kier molecular flexibility index (Phi) is 2.64. The highest BCUT2D eigenvalue weighted by atomic mass is 35.5. The van der Waals surface area contributed by atoms with Crippen molar-refractivity contribution >= 4 is 28.5 Å². The van der Waals surface area contributed by atoms with Gasteiger partial charge < -0.3 is 10.1 Å². The lowest BCUT2D eigenvalue weighted by molar-refractivity contribution is -0.136. The molecule has 1 aromatic heterocycles. The van der Waals surface area contributed by atoms with Gasteiger partial charge in [0.15, 0.2) is 0 Å². The number of fused-ring (bicyclic) bond motifs is 1. The van der Waals surface area contributed by atoms with Crippen LogP contribution in [0.15, 0.2) is 24.4 Å². The van der Waals surface area contributed by atoms with Crippen molar-refractivity contribution in [2.45, 2.75) is 12.3 Å². The number of alkyl halides is 1. The number of H-pyrrole nitrogens is 1. The van der Waals surface area contributed by atoms with E-state index in [1.54, 1.807) is 6.20 Å². The molecule has 3 nitrogen and oxygen atoms in total. The van der Waals surface area contributed by atoms with Crippen LogP contribution in [0.25, 0.3) is 10.9 Å². The number of carboxylic acids is 1. The molecular formula is C11H10ClNO2. The number of rotatable bonds is 3. The first-order valence-corrected chi connectivity index (χ1v) is 5.11. The number of carbonyl (C=O) groups is 1. The van der Waals surface area contributed by atoms with E-state index in [0.717, 1.165) is 22.0 Å². The van der Waals surface area contributed by atoms with Crippen LogP contribution in [0.5, 0.6) is 0 Å². The Balaban J connectivity index is 2.51. The minimum atomic E-state index is -0.827. The first kappa shape index (κ1) is 10.1. The van der Waals surface area contributed by atoms with Gasteiger partial charge in [0.2, 0.25) is 0 Å². The van der Waals surface area contributed by atoms with Gasteiger partial charge in [-0.3, -0.25) is 4.79 Å². The van der Waals surface area contributed by atoms with Crippen LogP contribution in [0.4, 0.5) is 0 Å². The van der Waals surface area contributed by atoms with E-state index in [-0.39, 0.29) is 6.42 Å². The monoisotopic (exact) mass is 223 g/mol. The summed E-state index contributed by atoms with van der Waals surface area (Å²) >= 11 is 5.73. The number of aliphatic carboxylic acids is 1. The fourth-order valence-electron chi connectivity index (χ4n) is 1.62. The SMILES string of the molecule is O=C(O)Cc1c[nH]c2ccc(CCl)cc12. The fourth-order valence-corrected chi connectivity index (χ4v) is 1.78. The molecule has 0 amide bonds. The van der Waals surface area contributed by atoms with Gasteiger partial charge in [0.05, 0.1) is 6.42 Å². The molecule has 0 spiro atoms. The second-order valence-electron chi connectivity index (χ2n) is 3.40. The Morgan fingerprint density at radius 3 is 2.93 bits per heavy atom. The lowest BCUT2D eigenvalue weighted by Gasteiger charge is -1.98. The highest BCUT2D eigenvalue weighted by Gasteiger charge is 2.07. The normalized spacial score (nSPS) is 10.7. The summed E-state index contributed by atoms with van der Waals surface area (Å²) in [5, 5.41) is 9.67. The summed E-state index contributed by atoms with van der Waals surface area (Å²) in [5.74, 6) is -0.389. The second kappa shape index (κ2) is 3.95. The van der Waals surface area contributed by atoms with Crippen LogP contribution >= 0.6 is 11.6 Å². The van der Waals surface area contributed by atoms with E-state index in [1.807, 2.05) is 18.2 Å². The molecule has 2 N–H and O–H groups in total. The highest BCUT2D eigenvalue weighted by molar-refractivity contribution is 6.17. The average Bonchev–Trinajstić information content (AvgIpc) is 2.60. The molecule has 0 aliphatic carbocycles. The zero-order chi connectivity index (χ0) is 10.8. The number of hydrogen-bond acceptors (Lipinski definition) is 1. The number of benzene rings is 1. The minimum Gasteiger partial charge on any atom is -0.481 e. The molecule has 0 saturated heterocycles. The largest absolute Gasteiger partial charge is 0.481 e. The third-order valence-corrected chi connectivity index (χ3v) is 2.64. The van der Waals surface area contributed by atoms with E-state index in [1.165, 1.54) is 0 Å². The molecule has 4 heteroatoms. The van der Waals surface area contributed by atoms with Crippen molar-refractivity contribution in [1.29, 1.82) is 0 Å². The van der Waals surface area contributed by atoms with Gasteiger partial charge in [0.1, 0.15) is 0 Å². The Morgan fingerprint density at radius 2 is 2.27 bits per heavy atom. The molecule has 2 aromatic rings. The van der Waals surface area contributed by atoms with Gasteiger partial charge in [-0.15, -0.1) is 11.6 Å². The van der Waals surface area contributed by atoms with Gasteiger partial charge in [-0.2, -0.15) is 0 Å². The molecule has 0 radical (unpaired) electrons. The molecule has 0 aliphatic heterocycles. The predicted molar refractivity (Wildman–Crippen MR) is 59.2 cm³/mol. The maximum Gasteiger partial charge on any atom is 0.307 e. The Bertz CT molecular complexity index is 504. The summed E-state index contributed by atoms with van der Waals surface area (Å²) in [6.07, 6.45) is 1.77. The first-order chi connectivity index (χ1) is 7.20. The Hall–Kier alpha value is -1.48. The smallest absolute Gasteiger partial charge is 0.307 e. The number of nitrogens with one attached hydrogen (secondary N) is 1. The quantitative estimate of drug-likeness (QED) is 0.786. The van der Waals surface area contributed by atoms with Crippen LogP contribution < -0.4 is 0 Å². The molecule has 1 aromatic carbocycles. The molecule has 15 heavy (non-hydrogen) atoms.